The van der Waals surface area contributed by atoms with Crippen molar-refractivity contribution in [2.75, 3.05) is 53.0 Å². The smallest absolute Gasteiger partial charge is 0.335 e. The molecule has 0 spiro atoms. The lowest BCUT2D eigenvalue weighted by Gasteiger charge is -2.09. The molecule has 0 atom stereocenters. The van der Waals surface area contributed by atoms with Crippen molar-refractivity contribution in [3.63, 3.8) is 0 Å². The maximum absolute atomic E-state index is 12.3. The van der Waals surface area contributed by atoms with Gasteiger partial charge in [-0.25, -0.2) is 14.6 Å². The number of ether oxygens (including phenoxy) is 4. The number of hydrogen-bond acceptors (Lipinski definition) is 11. The molecule has 2 aliphatic rings. The molecule has 43 heavy (non-hydrogen) atoms. The number of halogens is 1. The number of methoxy groups -OCH3 is 1. The van der Waals surface area contributed by atoms with Gasteiger partial charge in [0.2, 0.25) is 0 Å². The molecule has 15 heteroatoms. The van der Waals surface area contributed by atoms with Crippen LogP contribution in [0.5, 0.6) is 5.75 Å². The van der Waals surface area contributed by atoms with Crippen molar-refractivity contribution < 1.29 is 49.3 Å². The molecule has 0 amide bonds. The van der Waals surface area contributed by atoms with Crippen LogP contribution in [-0.4, -0.2) is 91.3 Å². The molecular formula is C28H33FN4O10. The van der Waals surface area contributed by atoms with Gasteiger partial charge >= 0.3 is 11.9 Å². The van der Waals surface area contributed by atoms with E-state index in [-0.39, 0.29) is 34.6 Å². The Balaban J connectivity index is 0.000000235. The summed E-state index contributed by atoms with van der Waals surface area (Å²) in [5, 5.41) is 18.0. The van der Waals surface area contributed by atoms with E-state index in [9.17, 15) is 23.6 Å². The first-order valence-electron chi connectivity index (χ1n) is 13.4. The van der Waals surface area contributed by atoms with Crippen LogP contribution in [0.4, 0.5) is 10.1 Å². The summed E-state index contributed by atoms with van der Waals surface area (Å²) in [6.45, 7) is 3.94. The number of carbonyl (C=O) groups excluding carboxylic acids is 1. The van der Waals surface area contributed by atoms with Crippen LogP contribution in [0.25, 0.3) is 10.9 Å². The number of benzene rings is 2. The topological polar surface area (TPSA) is 202 Å². The first-order chi connectivity index (χ1) is 21.2. The van der Waals surface area contributed by atoms with Crippen molar-refractivity contribution in [3.05, 3.63) is 63.7 Å². The van der Waals surface area contributed by atoms with Gasteiger partial charge in [0.15, 0.2) is 11.6 Å². The second-order valence-electron chi connectivity index (χ2n) is 8.50. The summed E-state index contributed by atoms with van der Waals surface area (Å²) in [4.78, 5) is 52.2. The second kappa shape index (κ2) is 17.8. The van der Waals surface area contributed by atoms with E-state index < -0.39 is 19.1 Å². The average Bonchev–Trinajstić information content (AvgIpc) is 3.42. The van der Waals surface area contributed by atoms with Crippen LogP contribution in [-0.2, 0) is 32.0 Å². The number of carboxylic acids is 2. The molecule has 4 N–H and O–H groups in total. The zero-order chi connectivity index (χ0) is 32.5. The molecule has 2 aliphatic heterocycles. The SMILES string of the molecule is COC1=NCCOCC1.Nc1cc(C(=O)O)ccc1OC=O.O=C(O)c1ccc2c(=O)n3c(nc2c1)CCOCC3.[2H]CF. The monoisotopic (exact) mass is 605 g/mol. The third-order valence-corrected chi connectivity index (χ3v) is 5.86. The summed E-state index contributed by atoms with van der Waals surface area (Å²) >= 11 is 0. The van der Waals surface area contributed by atoms with Gasteiger partial charge in [-0.3, -0.25) is 23.5 Å². The lowest BCUT2D eigenvalue weighted by atomic mass is 10.1. The zero-order valence-electron chi connectivity index (χ0n) is 24.4. The molecule has 0 bridgehead atoms. The average molecular weight is 606 g/mol. The van der Waals surface area contributed by atoms with Crippen LogP contribution in [0.15, 0.2) is 46.2 Å². The van der Waals surface area contributed by atoms with Gasteiger partial charge in [-0.15, -0.1) is 0 Å². The fraction of sp³-hybridized carbons (Fsp3) is 0.357. The Morgan fingerprint density at radius 1 is 1.07 bits per heavy atom. The van der Waals surface area contributed by atoms with Crippen molar-refractivity contribution in [1.29, 1.82) is 0 Å². The number of nitrogens with two attached hydrogens (primary N) is 1. The molecule has 3 heterocycles. The predicted octanol–water partition coefficient (Wildman–Crippen LogP) is 2.21. The molecule has 0 unspecified atom stereocenters. The molecule has 0 saturated carbocycles. The Morgan fingerprint density at radius 2 is 1.72 bits per heavy atom. The number of fused-ring (bicyclic) bond motifs is 2. The van der Waals surface area contributed by atoms with Crippen LogP contribution in [0.1, 0.15) is 34.3 Å². The summed E-state index contributed by atoms with van der Waals surface area (Å²) in [7, 11) is 0.643. The number of aromatic nitrogens is 2. The van der Waals surface area contributed by atoms with Crippen LogP contribution in [0, 0.1) is 0 Å². The number of carbonyl (C=O) groups is 3. The quantitative estimate of drug-likeness (QED) is 0.289. The van der Waals surface area contributed by atoms with Gasteiger partial charge in [-0.05, 0) is 36.4 Å². The largest absolute Gasteiger partial charge is 0.484 e. The molecule has 0 radical (unpaired) electrons. The minimum Gasteiger partial charge on any atom is -0.484 e. The highest BCUT2D eigenvalue weighted by atomic mass is 19.1. The molecule has 0 aliphatic carbocycles. The highest BCUT2D eigenvalue weighted by Crippen LogP contribution is 2.21. The lowest BCUT2D eigenvalue weighted by Crippen LogP contribution is -2.25. The highest BCUT2D eigenvalue weighted by Gasteiger charge is 2.15. The van der Waals surface area contributed by atoms with Gasteiger partial charge in [-0.2, -0.15) is 0 Å². The molecule has 2 aromatic carbocycles. The first-order valence-corrected chi connectivity index (χ1v) is 12.7. The summed E-state index contributed by atoms with van der Waals surface area (Å²) in [5.41, 5.74) is 5.99. The second-order valence-corrected chi connectivity index (χ2v) is 8.50. The highest BCUT2D eigenvalue weighted by molar-refractivity contribution is 5.93. The molecule has 232 valence electrons. The van der Waals surface area contributed by atoms with Crippen LogP contribution >= 0.6 is 0 Å². The minimum atomic E-state index is -1.08. The van der Waals surface area contributed by atoms with Gasteiger partial charge in [-0.1, -0.05) is 0 Å². The van der Waals surface area contributed by atoms with E-state index >= 15 is 0 Å². The van der Waals surface area contributed by atoms with E-state index in [1.54, 1.807) is 11.7 Å². The van der Waals surface area contributed by atoms with Crippen LogP contribution in [0.2, 0.25) is 0 Å². The number of carboxylic acid groups (broad SMARTS) is 2. The zero-order valence-corrected chi connectivity index (χ0v) is 23.4. The molecule has 14 nitrogen and oxygen atoms in total. The van der Waals surface area contributed by atoms with Gasteiger partial charge in [0.1, 0.15) is 5.82 Å². The molecular weight excluding hydrogens is 571 g/mol. The Bertz CT molecular complexity index is 1520. The summed E-state index contributed by atoms with van der Waals surface area (Å²) in [5.74, 6) is -0.489. The lowest BCUT2D eigenvalue weighted by molar-refractivity contribution is -0.120. The number of hydrogen-bond donors (Lipinski definition) is 3. The van der Waals surface area contributed by atoms with Crippen molar-refractivity contribution in [2.45, 2.75) is 19.4 Å². The number of aromatic carboxylic acids is 2. The van der Waals surface area contributed by atoms with Crippen LogP contribution < -0.4 is 16.0 Å². The molecule has 0 saturated heterocycles. The Morgan fingerprint density at radius 3 is 2.37 bits per heavy atom. The van der Waals surface area contributed by atoms with Gasteiger partial charge < -0.3 is 34.9 Å². The van der Waals surface area contributed by atoms with E-state index in [1.165, 1.54) is 36.4 Å². The van der Waals surface area contributed by atoms with E-state index in [4.69, 9.17) is 31.5 Å². The van der Waals surface area contributed by atoms with Gasteiger partial charge in [0.25, 0.3) is 12.0 Å². The third kappa shape index (κ3) is 10.2. The fourth-order valence-corrected chi connectivity index (χ4v) is 3.83. The number of rotatable bonds is 4. The predicted molar refractivity (Wildman–Crippen MR) is 154 cm³/mol. The summed E-state index contributed by atoms with van der Waals surface area (Å²) in [6, 6.07) is 8.23. The van der Waals surface area contributed by atoms with E-state index in [2.05, 4.69) is 14.7 Å². The van der Waals surface area contributed by atoms with Gasteiger partial charge in [0.05, 0.1) is 82.9 Å². The van der Waals surface area contributed by atoms with Crippen molar-refractivity contribution in [3.8, 4) is 5.75 Å². The molecule has 3 aromatic rings. The Kier molecular flexibility index (Phi) is 13.5. The minimum absolute atomic E-state index is 0.0516. The Hall–Kier alpha value is -4.89. The maximum Gasteiger partial charge on any atom is 0.335 e. The number of anilines is 1. The molecule has 5 rings (SSSR count). The van der Waals surface area contributed by atoms with Crippen LogP contribution in [0.3, 0.4) is 0 Å². The van der Waals surface area contributed by atoms with E-state index in [0.29, 0.717) is 42.9 Å². The normalized spacial score (nSPS) is 14.1. The number of aliphatic imine (C=N–C) groups is 1. The third-order valence-electron chi connectivity index (χ3n) is 5.86. The first kappa shape index (κ1) is 32.6. The number of alkyl halides is 1. The fourth-order valence-electron chi connectivity index (χ4n) is 3.83. The summed E-state index contributed by atoms with van der Waals surface area (Å²) in [6.07, 6.45) is 1.37. The standard InChI is InChI=1S/C13H12N2O4.C8H7NO4.C6H11NO2.CH3F/c16-12-9-2-1-8(13(17)18)7-10(9)14-11-3-5-19-6-4-15(11)12;9-6-3-5(8(11)12)1-2-7(6)13-4-10;1-8-6-2-4-9-5-3-7-6;1-2/h1-2,7H,3-6H2,(H,17,18);1-4H,9H2,(H,11,12);2-5H2,1H3;1H3/i;;;1D. The van der Waals surface area contributed by atoms with Crippen molar-refractivity contribution in [1.82, 2.24) is 9.55 Å². The molecule has 1 aromatic heterocycles. The Labute approximate surface area is 246 Å². The maximum atomic E-state index is 12.3. The van der Waals surface area contributed by atoms with Crippen molar-refractivity contribution >= 4 is 40.9 Å². The molecule has 0 fully saturated rings. The summed E-state index contributed by atoms with van der Waals surface area (Å²) < 4.78 is 37.0. The van der Waals surface area contributed by atoms with Crippen molar-refractivity contribution in [2.24, 2.45) is 4.99 Å². The number of nitrogen functional groups attached to an aromatic ring is 1. The van der Waals surface area contributed by atoms with Gasteiger partial charge in [0, 0.05) is 12.8 Å². The van der Waals surface area contributed by atoms with E-state index in [1.807, 2.05) is 0 Å². The van der Waals surface area contributed by atoms with E-state index in [0.717, 1.165) is 32.1 Å². The number of nitrogens with zero attached hydrogens (tertiary/aromatic N) is 3.